The third-order valence-corrected chi connectivity index (χ3v) is 7.58. The van der Waals surface area contributed by atoms with Crippen LogP contribution in [-0.2, 0) is 9.59 Å². The number of nitrogens with one attached hydrogen (secondary N) is 2. The molecule has 0 bridgehead atoms. The van der Waals surface area contributed by atoms with Gasteiger partial charge in [0.2, 0.25) is 5.91 Å². The van der Waals surface area contributed by atoms with E-state index in [1.165, 1.54) is 18.2 Å². The summed E-state index contributed by atoms with van der Waals surface area (Å²) in [5, 5.41) is 18.4. The fourth-order valence-corrected chi connectivity index (χ4v) is 5.49. The summed E-state index contributed by atoms with van der Waals surface area (Å²) < 4.78 is 5.69. The fourth-order valence-electron chi connectivity index (χ4n) is 5.32. The lowest BCUT2D eigenvalue weighted by Gasteiger charge is -2.39. The molecule has 1 aromatic heterocycles. The second-order valence-corrected chi connectivity index (χ2v) is 10.3. The maximum Gasteiger partial charge on any atom is 0.292 e. The number of nitro benzene ring substituents is 1. The first kappa shape index (κ1) is 25.7. The van der Waals surface area contributed by atoms with Gasteiger partial charge in [-0.15, -0.1) is 0 Å². The standard InChI is InChI=1S/C27H27ClN4O6/c28-18-8-9-20(32(36)37)21(15-18)31-13-10-19(22(33)16-31)29-26(35)27(11-4-1-5-12-27)30-25(34)24-14-17-6-2-3-7-23(17)38-24/h2-3,6-9,14-15,19H,1,4-5,10-13,16H2,(H,29,35)(H,30,34). The first-order chi connectivity index (χ1) is 18.3. The smallest absolute Gasteiger partial charge is 0.292 e. The van der Waals surface area contributed by atoms with Crippen molar-refractivity contribution in [2.45, 2.75) is 50.1 Å². The van der Waals surface area contributed by atoms with Crippen LogP contribution in [-0.4, -0.2) is 47.2 Å². The van der Waals surface area contributed by atoms with E-state index in [1.54, 1.807) is 17.0 Å². The molecule has 2 N–H and O–H groups in total. The molecule has 3 aromatic rings. The van der Waals surface area contributed by atoms with Gasteiger partial charge in [0, 0.05) is 23.0 Å². The normalized spacial score (nSPS) is 19.2. The van der Waals surface area contributed by atoms with Crippen LogP contribution in [0, 0.1) is 10.1 Å². The molecule has 1 saturated heterocycles. The van der Waals surface area contributed by atoms with Crippen LogP contribution >= 0.6 is 11.6 Å². The van der Waals surface area contributed by atoms with Gasteiger partial charge in [-0.05, 0) is 43.5 Å². The second kappa shape index (κ2) is 10.4. The van der Waals surface area contributed by atoms with Gasteiger partial charge in [-0.25, -0.2) is 0 Å². The van der Waals surface area contributed by atoms with Gasteiger partial charge in [-0.2, -0.15) is 0 Å². The number of nitrogens with zero attached hydrogens (tertiary/aromatic N) is 2. The molecule has 0 spiro atoms. The monoisotopic (exact) mass is 538 g/mol. The maximum atomic E-state index is 13.6. The Morgan fingerprint density at radius 2 is 1.87 bits per heavy atom. The Morgan fingerprint density at radius 3 is 2.58 bits per heavy atom. The molecule has 10 nitrogen and oxygen atoms in total. The van der Waals surface area contributed by atoms with Gasteiger partial charge in [-0.1, -0.05) is 49.1 Å². The van der Waals surface area contributed by atoms with Crippen molar-refractivity contribution in [3.63, 3.8) is 0 Å². The number of carbonyl (C=O) groups excluding carboxylic acids is 3. The van der Waals surface area contributed by atoms with Gasteiger partial charge in [0.15, 0.2) is 11.5 Å². The number of Topliss-reactive ketones (excluding diaryl/α,β-unsaturated/α-hetero) is 1. The van der Waals surface area contributed by atoms with Crippen molar-refractivity contribution in [1.82, 2.24) is 10.6 Å². The van der Waals surface area contributed by atoms with Crippen LogP contribution in [0.3, 0.4) is 0 Å². The lowest BCUT2D eigenvalue weighted by Crippen LogP contribution is -2.63. The quantitative estimate of drug-likeness (QED) is 0.351. The Labute approximate surface area is 223 Å². The van der Waals surface area contributed by atoms with Crippen LogP contribution in [0.2, 0.25) is 5.02 Å². The van der Waals surface area contributed by atoms with Gasteiger partial charge in [0.05, 0.1) is 17.5 Å². The summed E-state index contributed by atoms with van der Waals surface area (Å²) in [5.74, 6) is -1.03. The van der Waals surface area contributed by atoms with Crippen molar-refractivity contribution in [1.29, 1.82) is 0 Å². The predicted octanol–water partition coefficient (Wildman–Crippen LogP) is 4.39. The summed E-state index contributed by atoms with van der Waals surface area (Å²) in [6.07, 6.45) is 3.64. The van der Waals surface area contributed by atoms with Crippen LogP contribution in [0.4, 0.5) is 11.4 Å². The Balaban J connectivity index is 1.29. The van der Waals surface area contributed by atoms with Crippen LogP contribution in [0.5, 0.6) is 0 Å². The van der Waals surface area contributed by atoms with E-state index in [2.05, 4.69) is 10.6 Å². The maximum absolute atomic E-state index is 13.6. The lowest BCUT2D eigenvalue weighted by molar-refractivity contribution is -0.384. The highest BCUT2D eigenvalue weighted by Gasteiger charge is 2.43. The minimum atomic E-state index is -1.16. The van der Waals surface area contributed by atoms with Gasteiger partial charge in [-0.3, -0.25) is 24.5 Å². The zero-order valence-electron chi connectivity index (χ0n) is 20.6. The summed E-state index contributed by atoms with van der Waals surface area (Å²) in [6.45, 7) is 0.209. The topological polar surface area (TPSA) is 135 Å². The van der Waals surface area contributed by atoms with E-state index in [4.69, 9.17) is 16.0 Å². The number of piperidine rings is 1. The SMILES string of the molecule is O=C(NC1(C(=O)NC2CCN(c3cc(Cl)ccc3[N+](=O)[O-])CC2=O)CCCCC1)c1cc2ccccc2o1. The molecule has 2 heterocycles. The molecule has 5 rings (SSSR count). The molecule has 1 aliphatic carbocycles. The summed E-state index contributed by atoms with van der Waals surface area (Å²) in [5.41, 5.74) is -0.448. The summed E-state index contributed by atoms with van der Waals surface area (Å²) in [6, 6.07) is 12.4. The third kappa shape index (κ3) is 5.08. The van der Waals surface area contributed by atoms with Crippen molar-refractivity contribution in [3.8, 4) is 0 Å². The molecular formula is C27H27ClN4O6. The Kier molecular flexibility index (Phi) is 7.07. The van der Waals surface area contributed by atoms with Crippen molar-refractivity contribution < 1.29 is 23.7 Å². The number of fused-ring (bicyclic) bond motifs is 1. The Morgan fingerprint density at radius 1 is 1.11 bits per heavy atom. The molecule has 1 unspecified atom stereocenters. The number of ketones is 1. The minimum Gasteiger partial charge on any atom is -0.451 e. The lowest BCUT2D eigenvalue weighted by atomic mass is 9.80. The molecule has 11 heteroatoms. The largest absolute Gasteiger partial charge is 0.451 e. The summed E-state index contributed by atoms with van der Waals surface area (Å²) in [4.78, 5) is 52.3. The van der Waals surface area contributed by atoms with Gasteiger partial charge in [0.1, 0.15) is 16.8 Å². The first-order valence-corrected chi connectivity index (χ1v) is 13.0. The van der Waals surface area contributed by atoms with Crippen molar-refractivity contribution >= 4 is 51.5 Å². The molecule has 2 aliphatic rings. The van der Waals surface area contributed by atoms with Crippen LogP contribution in [0.1, 0.15) is 49.1 Å². The predicted molar refractivity (Wildman–Crippen MR) is 141 cm³/mol. The molecule has 2 aromatic carbocycles. The number of halogens is 1. The molecule has 2 fully saturated rings. The van der Waals surface area contributed by atoms with Crippen LogP contribution in [0.25, 0.3) is 11.0 Å². The highest BCUT2D eigenvalue weighted by molar-refractivity contribution is 6.31. The van der Waals surface area contributed by atoms with Crippen LogP contribution < -0.4 is 15.5 Å². The zero-order valence-corrected chi connectivity index (χ0v) is 21.3. The van der Waals surface area contributed by atoms with E-state index in [-0.39, 0.29) is 35.9 Å². The van der Waals surface area contributed by atoms with E-state index in [9.17, 15) is 24.5 Å². The van der Waals surface area contributed by atoms with E-state index in [0.717, 1.165) is 24.6 Å². The molecule has 0 radical (unpaired) electrons. The number of anilines is 1. The van der Waals surface area contributed by atoms with E-state index < -0.39 is 28.3 Å². The Bertz CT molecular complexity index is 1380. The Hall–Kier alpha value is -3.92. The molecular weight excluding hydrogens is 512 g/mol. The highest BCUT2D eigenvalue weighted by Crippen LogP contribution is 2.33. The van der Waals surface area contributed by atoms with Crippen molar-refractivity contribution in [3.05, 3.63) is 69.4 Å². The van der Waals surface area contributed by atoms with E-state index in [1.807, 2.05) is 18.2 Å². The number of rotatable bonds is 6. The molecule has 198 valence electrons. The molecule has 38 heavy (non-hydrogen) atoms. The number of furan rings is 1. The number of amides is 2. The zero-order chi connectivity index (χ0) is 26.9. The first-order valence-electron chi connectivity index (χ1n) is 12.6. The number of carbonyl (C=O) groups is 3. The van der Waals surface area contributed by atoms with Crippen molar-refractivity contribution in [2.75, 3.05) is 18.0 Å². The van der Waals surface area contributed by atoms with Crippen LogP contribution in [0.15, 0.2) is 52.9 Å². The number of nitro groups is 1. The van der Waals surface area contributed by atoms with Gasteiger partial charge >= 0.3 is 0 Å². The number of para-hydroxylation sites is 1. The molecule has 1 atom stereocenters. The summed E-state index contributed by atoms with van der Waals surface area (Å²) >= 11 is 6.05. The second-order valence-electron chi connectivity index (χ2n) is 9.84. The fraction of sp³-hybridized carbons (Fsp3) is 0.370. The van der Waals surface area contributed by atoms with E-state index >= 15 is 0 Å². The van der Waals surface area contributed by atoms with E-state index in [0.29, 0.717) is 30.0 Å². The highest BCUT2D eigenvalue weighted by atomic mass is 35.5. The van der Waals surface area contributed by atoms with Gasteiger partial charge in [0.25, 0.3) is 11.6 Å². The number of hydrogen-bond acceptors (Lipinski definition) is 7. The average molecular weight is 539 g/mol. The van der Waals surface area contributed by atoms with Gasteiger partial charge < -0.3 is 20.0 Å². The minimum absolute atomic E-state index is 0.107. The molecule has 1 aliphatic heterocycles. The molecule has 1 saturated carbocycles. The summed E-state index contributed by atoms with van der Waals surface area (Å²) in [7, 11) is 0. The number of hydrogen-bond donors (Lipinski definition) is 2. The third-order valence-electron chi connectivity index (χ3n) is 7.35. The number of benzene rings is 2. The van der Waals surface area contributed by atoms with Crippen molar-refractivity contribution in [2.24, 2.45) is 0 Å². The average Bonchev–Trinajstić information content (AvgIpc) is 3.35. The molecule has 2 amide bonds.